The molecule has 0 radical (unpaired) electrons. The van der Waals surface area contributed by atoms with E-state index in [0.717, 1.165) is 0 Å². The second-order valence-electron chi connectivity index (χ2n) is 4.98. The molecule has 1 fully saturated rings. The van der Waals surface area contributed by atoms with Gasteiger partial charge in [0, 0.05) is 0 Å². The number of nitrogens with one attached hydrogen (secondary N) is 1. The normalized spacial score (nSPS) is 29.1. The number of aliphatic hydroxyl groups excluding tert-OH is 2. The van der Waals surface area contributed by atoms with Crippen molar-refractivity contribution in [1.82, 2.24) is 5.32 Å². The molecule has 1 saturated heterocycles. The van der Waals surface area contributed by atoms with Gasteiger partial charge in [-0.1, -0.05) is 25.1 Å². The maximum absolute atomic E-state index is 11.8. The van der Waals surface area contributed by atoms with Crippen LogP contribution in [0.1, 0.15) is 17.3 Å². The molecular formula is C14H17NO5. The monoisotopic (exact) mass is 279 g/mol. The Bertz CT molecular complexity index is 504. The number of hydrogen-bond acceptors (Lipinski definition) is 5. The van der Waals surface area contributed by atoms with Crippen molar-refractivity contribution in [1.29, 1.82) is 0 Å². The predicted molar refractivity (Wildman–Crippen MR) is 69.9 cm³/mol. The van der Waals surface area contributed by atoms with Gasteiger partial charge in [0.2, 0.25) is 5.91 Å². The third-order valence-corrected chi connectivity index (χ3v) is 3.58. The summed E-state index contributed by atoms with van der Waals surface area (Å²) in [6.45, 7) is 0.761. The molecule has 0 saturated carbocycles. The molecule has 1 aromatic rings. The van der Waals surface area contributed by atoms with E-state index in [9.17, 15) is 19.8 Å². The molecule has 1 amide bonds. The topological polar surface area (TPSA) is 95.9 Å². The third-order valence-electron chi connectivity index (χ3n) is 3.58. The first-order valence-electron chi connectivity index (χ1n) is 6.33. The van der Waals surface area contributed by atoms with Crippen LogP contribution < -0.4 is 5.32 Å². The smallest absolute Gasteiger partial charge is 0.338 e. The minimum Gasteiger partial charge on any atom is -0.459 e. The number of benzene rings is 1. The molecule has 6 nitrogen and oxygen atoms in total. The Labute approximate surface area is 116 Å². The summed E-state index contributed by atoms with van der Waals surface area (Å²) in [4.78, 5) is 23.4. The first kappa shape index (κ1) is 14.5. The van der Waals surface area contributed by atoms with Crippen molar-refractivity contribution < 1.29 is 24.5 Å². The summed E-state index contributed by atoms with van der Waals surface area (Å²) in [5.41, 5.74) is -0.964. The van der Waals surface area contributed by atoms with E-state index in [1.54, 1.807) is 37.3 Å². The van der Waals surface area contributed by atoms with Crippen molar-refractivity contribution in [3.63, 3.8) is 0 Å². The fourth-order valence-electron chi connectivity index (χ4n) is 2.21. The van der Waals surface area contributed by atoms with Gasteiger partial charge in [-0.15, -0.1) is 0 Å². The van der Waals surface area contributed by atoms with Gasteiger partial charge in [-0.3, -0.25) is 4.79 Å². The van der Waals surface area contributed by atoms with Crippen LogP contribution in [0.15, 0.2) is 30.3 Å². The number of hydrogen-bond donors (Lipinski definition) is 3. The number of esters is 1. The molecule has 1 heterocycles. The maximum Gasteiger partial charge on any atom is 0.338 e. The Morgan fingerprint density at radius 1 is 1.40 bits per heavy atom. The molecule has 3 N–H and O–H groups in total. The van der Waals surface area contributed by atoms with Gasteiger partial charge in [0.05, 0.1) is 24.2 Å². The summed E-state index contributed by atoms with van der Waals surface area (Å²) in [5.74, 6) is -1.60. The molecule has 0 aromatic heterocycles. The van der Waals surface area contributed by atoms with Gasteiger partial charge >= 0.3 is 5.97 Å². The fourth-order valence-corrected chi connectivity index (χ4v) is 2.21. The summed E-state index contributed by atoms with van der Waals surface area (Å²) in [6.07, 6.45) is -1.11. The lowest BCUT2D eigenvalue weighted by Crippen LogP contribution is -2.56. The van der Waals surface area contributed by atoms with Gasteiger partial charge in [-0.05, 0) is 12.1 Å². The Morgan fingerprint density at radius 3 is 2.55 bits per heavy atom. The van der Waals surface area contributed by atoms with Gasteiger partial charge in [-0.25, -0.2) is 4.79 Å². The van der Waals surface area contributed by atoms with E-state index in [0.29, 0.717) is 5.56 Å². The van der Waals surface area contributed by atoms with E-state index in [1.807, 2.05) is 0 Å². The molecule has 0 bridgehead atoms. The van der Waals surface area contributed by atoms with Crippen molar-refractivity contribution in [3.05, 3.63) is 35.9 Å². The highest BCUT2D eigenvalue weighted by atomic mass is 16.5. The van der Waals surface area contributed by atoms with Crippen molar-refractivity contribution in [2.45, 2.75) is 18.6 Å². The average molecular weight is 279 g/mol. The van der Waals surface area contributed by atoms with Crippen LogP contribution in [0.4, 0.5) is 0 Å². The summed E-state index contributed by atoms with van der Waals surface area (Å²) < 4.78 is 5.10. The lowest BCUT2D eigenvalue weighted by Gasteiger charge is -2.30. The Balaban J connectivity index is 2.05. The van der Waals surface area contributed by atoms with E-state index >= 15 is 0 Å². The molecule has 0 aliphatic carbocycles. The zero-order valence-electron chi connectivity index (χ0n) is 11.1. The Kier molecular flexibility index (Phi) is 4.06. The first-order chi connectivity index (χ1) is 9.50. The van der Waals surface area contributed by atoms with Crippen molar-refractivity contribution in [2.24, 2.45) is 5.92 Å². The summed E-state index contributed by atoms with van der Waals surface area (Å²) in [7, 11) is 0. The number of amides is 1. The number of carbonyl (C=O) groups is 2. The van der Waals surface area contributed by atoms with Crippen LogP contribution in [0, 0.1) is 5.92 Å². The van der Waals surface area contributed by atoms with E-state index in [4.69, 9.17) is 4.74 Å². The van der Waals surface area contributed by atoms with E-state index in [1.165, 1.54) is 0 Å². The zero-order chi connectivity index (χ0) is 14.8. The maximum atomic E-state index is 11.8. The van der Waals surface area contributed by atoms with Crippen LogP contribution in [0.2, 0.25) is 0 Å². The minimum absolute atomic E-state index is 0.283. The molecule has 3 atom stereocenters. The number of carbonyl (C=O) groups excluding carboxylic acids is 2. The second kappa shape index (κ2) is 5.60. The highest BCUT2D eigenvalue weighted by Gasteiger charge is 2.51. The largest absolute Gasteiger partial charge is 0.459 e. The van der Waals surface area contributed by atoms with Gasteiger partial charge in [0.15, 0.2) is 0 Å². The number of rotatable bonds is 4. The van der Waals surface area contributed by atoms with Crippen LogP contribution >= 0.6 is 0 Å². The Morgan fingerprint density at radius 2 is 2.05 bits per heavy atom. The quantitative estimate of drug-likeness (QED) is 0.658. The first-order valence-corrected chi connectivity index (χ1v) is 6.33. The zero-order valence-corrected chi connectivity index (χ0v) is 11.1. The van der Waals surface area contributed by atoms with Gasteiger partial charge in [-0.2, -0.15) is 0 Å². The highest BCUT2D eigenvalue weighted by Crippen LogP contribution is 2.26. The summed E-state index contributed by atoms with van der Waals surface area (Å²) >= 11 is 0. The van der Waals surface area contributed by atoms with Crippen LogP contribution in [-0.4, -0.2) is 46.9 Å². The molecule has 1 aliphatic heterocycles. The SMILES string of the molecule is C[C@H]1C(=O)N[C@@](CO)(COC(=O)c2ccccc2)[C@H]1O. The standard InChI is InChI=1S/C14H17NO5/c1-9-11(17)14(7-16,15-12(9)18)8-20-13(19)10-5-3-2-4-6-10/h2-6,9,11,16-17H,7-8H2,1H3,(H,15,18)/t9-,11+,14+/m1/s1. The number of aliphatic hydroxyl groups is 2. The molecule has 2 rings (SSSR count). The van der Waals surface area contributed by atoms with Gasteiger partial charge in [0.25, 0.3) is 0 Å². The molecule has 20 heavy (non-hydrogen) atoms. The molecule has 0 spiro atoms. The van der Waals surface area contributed by atoms with E-state index < -0.39 is 30.1 Å². The highest BCUT2D eigenvalue weighted by molar-refractivity contribution is 5.89. The van der Waals surface area contributed by atoms with Crippen LogP contribution in [0.3, 0.4) is 0 Å². The Hall–Kier alpha value is -1.92. The van der Waals surface area contributed by atoms with Gasteiger partial charge < -0.3 is 20.3 Å². The summed E-state index contributed by atoms with van der Waals surface area (Å²) in [5, 5.41) is 22.0. The van der Waals surface area contributed by atoms with Gasteiger partial charge in [0.1, 0.15) is 12.1 Å². The minimum atomic E-state index is -1.33. The van der Waals surface area contributed by atoms with Crippen molar-refractivity contribution in [2.75, 3.05) is 13.2 Å². The molecule has 6 heteroatoms. The lowest BCUT2D eigenvalue weighted by molar-refractivity contribution is -0.123. The molecule has 0 unspecified atom stereocenters. The van der Waals surface area contributed by atoms with Crippen molar-refractivity contribution >= 4 is 11.9 Å². The fraction of sp³-hybridized carbons (Fsp3) is 0.429. The molecule has 108 valence electrons. The second-order valence-corrected chi connectivity index (χ2v) is 4.98. The van der Waals surface area contributed by atoms with Crippen LogP contribution in [-0.2, 0) is 9.53 Å². The van der Waals surface area contributed by atoms with Crippen molar-refractivity contribution in [3.8, 4) is 0 Å². The number of ether oxygens (including phenoxy) is 1. The van der Waals surface area contributed by atoms with Crippen LogP contribution in [0.5, 0.6) is 0 Å². The molecular weight excluding hydrogens is 262 g/mol. The van der Waals surface area contributed by atoms with Crippen LogP contribution in [0.25, 0.3) is 0 Å². The lowest BCUT2D eigenvalue weighted by atomic mass is 9.91. The van der Waals surface area contributed by atoms with E-state index in [2.05, 4.69) is 5.32 Å². The van der Waals surface area contributed by atoms with E-state index in [-0.39, 0.29) is 12.5 Å². The third kappa shape index (κ3) is 2.52. The molecule has 1 aliphatic rings. The molecule has 1 aromatic carbocycles. The average Bonchev–Trinajstić information content (AvgIpc) is 2.70. The summed E-state index contributed by atoms with van der Waals surface area (Å²) in [6, 6.07) is 8.37. The predicted octanol–water partition coefficient (Wildman–Crippen LogP) is -0.299.